The maximum Gasteiger partial charge on any atom is 0.338 e. The van der Waals surface area contributed by atoms with Gasteiger partial charge in [0, 0.05) is 29.3 Å². The van der Waals surface area contributed by atoms with E-state index in [2.05, 4.69) is 4.99 Å². The van der Waals surface area contributed by atoms with Crippen LogP contribution in [0.4, 0.5) is 0 Å². The highest BCUT2D eigenvalue weighted by Gasteiger charge is 2.36. The Morgan fingerprint density at radius 3 is 2.60 bits per heavy atom. The Morgan fingerprint density at radius 2 is 1.88 bits per heavy atom. The van der Waals surface area contributed by atoms with E-state index >= 15 is 0 Å². The van der Waals surface area contributed by atoms with Crippen LogP contribution in [0.1, 0.15) is 37.6 Å². The molecule has 4 aromatic rings. The number of nitrogens with zero attached hydrogens (tertiary/aromatic N) is 2. The third kappa shape index (κ3) is 6.31. The summed E-state index contributed by atoms with van der Waals surface area (Å²) in [5.74, 6) is 1.47. The van der Waals surface area contributed by atoms with Crippen LogP contribution >= 0.6 is 22.9 Å². The Kier molecular flexibility index (Phi) is 9.49. The topological polar surface area (TPSA) is 101 Å². The van der Waals surface area contributed by atoms with Crippen LogP contribution in [-0.4, -0.2) is 44.6 Å². The summed E-state index contributed by atoms with van der Waals surface area (Å²) in [7, 11) is 3.07. The smallest absolute Gasteiger partial charge is 0.338 e. The van der Waals surface area contributed by atoms with E-state index in [4.69, 9.17) is 35.0 Å². The molecule has 3 heterocycles. The Labute approximate surface area is 257 Å². The lowest BCUT2D eigenvalue weighted by Gasteiger charge is -2.27. The number of carbonyl (C=O) groups is 1. The molecule has 0 aliphatic carbocycles. The van der Waals surface area contributed by atoms with Crippen molar-refractivity contribution in [3.05, 3.63) is 102 Å². The average molecular weight is 623 g/mol. The number of thiazole rings is 1. The molecule has 0 N–H and O–H groups in total. The molecule has 1 aliphatic rings. The molecule has 43 heavy (non-hydrogen) atoms. The number of benzene rings is 2. The number of hydrogen-bond donors (Lipinski definition) is 0. The van der Waals surface area contributed by atoms with Crippen molar-refractivity contribution in [3.8, 4) is 22.8 Å². The normalized spacial score (nSPS) is 14.8. The second-order valence-electron chi connectivity index (χ2n) is 9.65. The van der Waals surface area contributed by atoms with Gasteiger partial charge in [-0.1, -0.05) is 42.0 Å². The highest BCUT2D eigenvalue weighted by molar-refractivity contribution is 7.07. The van der Waals surface area contributed by atoms with Gasteiger partial charge in [-0.15, -0.1) is 0 Å². The van der Waals surface area contributed by atoms with E-state index in [-0.39, 0.29) is 24.3 Å². The van der Waals surface area contributed by atoms with Crippen molar-refractivity contribution in [1.29, 1.82) is 0 Å². The second kappa shape index (κ2) is 13.5. The second-order valence-corrected chi connectivity index (χ2v) is 11.1. The monoisotopic (exact) mass is 622 g/mol. The van der Waals surface area contributed by atoms with Crippen LogP contribution in [-0.2, 0) is 14.3 Å². The predicted molar refractivity (Wildman–Crippen MR) is 165 cm³/mol. The van der Waals surface area contributed by atoms with E-state index in [9.17, 15) is 9.59 Å². The van der Waals surface area contributed by atoms with E-state index in [0.29, 0.717) is 55.2 Å². The largest absolute Gasteiger partial charge is 0.493 e. The Balaban J connectivity index is 1.66. The number of aromatic nitrogens is 1. The maximum atomic E-state index is 14.1. The van der Waals surface area contributed by atoms with E-state index < -0.39 is 12.0 Å². The quantitative estimate of drug-likeness (QED) is 0.169. The van der Waals surface area contributed by atoms with Crippen molar-refractivity contribution in [1.82, 2.24) is 4.57 Å². The molecule has 0 saturated carbocycles. The first-order valence-corrected chi connectivity index (χ1v) is 14.9. The van der Waals surface area contributed by atoms with Crippen molar-refractivity contribution < 1.29 is 28.2 Å². The molecule has 0 unspecified atom stereocenters. The summed E-state index contributed by atoms with van der Waals surface area (Å²) in [5, 5.41) is 0.628. The van der Waals surface area contributed by atoms with Crippen LogP contribution in [0.2, 0.25) is 5.02 Å². The number of para-hydroxylation sites is 1. The van der Waals surface area contributed by atoms with Gasteiger partial charge in [0.05, 0.1) is 36.1 Å². The molecule has 1 atom stereocenters. The van der Waals surface area contributed by atoms with E-state index in [1.54, 1.807) is 50.4 Å². The fraction of sp³-hybridized carbons (Fsp3) is 0.281. The summed E-state index contributed by atoms with van der Waals surface area (Å²) in [6.07, 6.45) is 2.43. The summed E-state index contributed by atoms with van der Waals surface area (Å²) in [5.41, 5.74) is 1.77. The van der Waals surface area contributed by atoms with Crippen molar-refractivity contribution in [2.75, 3.05) is 34.0 Å². The molecule has 2 aromatic carbocycles. The molecule has 1 aliphatic heterocycles. The van der Waals surface area contributed by atoms with Crippen molar-refractivity contribution >= 4 is 35.0 Å². The molecule has 5 rings (SSSR count). The lowest BCUT2D eigenvalue weighted by Crippen LogP contribution is -2.40. The van der Waals surface area contributed by atoms with Gasteiger partial charge in [-0.25, -0.2) is 9.79 Å². The number of methoxy groups -OCH3 is 2. The van der Waals surface area contributed by atoms with Crippen LogP contribution in [0.5, 0.6) is 11.5 Å². The molecule has 0 saturated heterocycles. The number of rotatable bonds is 11. The first-order valence-electron chi connectivity index (χ1n) is 13.7. The number of hydrogen-bond acceptors (Lipinski definition) is 9. The minimum Gasteiger partial charge on any atom is -0.493 e. The summed E-state index contributed by atoms with van der Waals surface area (Å²) in [6.45, 7) is 4.42. The zero-order chi connectivity index (χ0) is 30.5. The fourth-order valence-corrected chi connectivity index (χ4v) is 5.92. The molecule has 2 aromatic heterocycles. The number of esters is 1. The van der Waals surface area contributed by atoms with Crippen LogP contribution < -0.4 is 24.4 Å². The van der Waals surface area contributed by atoms with Gasteiger partial charge in [0.25, 0.3) is 5.56 Å². The molecular weight excluding hydrogens is 592 g/mol. The van der Waals surface area contributed by atoms with Crippen LogP contribution in [0, 0.1) is 0 Å². The minimum absolute atomic E-state index is 0.0506. The van der Waals surface area contributed by atoms with Crippen LogP contribution in [0.3, 0.4) is 0 Å². The standard InChI is InChI=1S/C32H31ClN2O7S/c1-5-15-40-29-23(7-6-8-25(29)39-4)28-27(31(37)41-17-16-38-3)19(2)34-32-35(28)30(36)26(43-32)18-22-13-14-24(42-22)20-9-11-21(33)12-10-20/h6-14,18,28H,5,15-17H2,1-4H3/b26-18+/t28-/m0/s1. The first-order chi connectivity index (χ1) is 20.9. The molecule has 0 amide bonds. The van der Waals surface area contributed by atoms with Gasteiger partial charge in [-0.05, 0) is 55.8 Å². The van der Waals surface area contributed by atoms with Gasteiger partial charge < -0.3 is 23.4 Å². The van der Waals surface area contributed by atoms with Crippen molar-refractivity contribution in [3.63, 3.8) is 0 Å². The lowest BCUT2D eigenvalue weighted by molar-refractivity contribution is -0.140. The fourth-order valence-electron chi connectivity index (χ4n) is 4.77. The Hall–Kier alpha value is -4.12. The summed E-state index contributed by atoms with van der Waals surface area (Å²) in [6, 6.07) is 15.4. The number of furan rings is 1. The number of fused-ring (bicyclic) bond motifs is 1. The Morgan fingerprint density at radius 1 is 1.09 bits per heavy atom. The first kappa shape index (κ1) is 30.3. The molecule has 224 valence electrons. The summed E-state index contributed by atoms with van der Waals surface area (Å²) < 4.78 is 30.3. The van der Waals surface area contributed by atoms with Gasteiger partial charge in [0.2, 0.25) is 0 Å². The number of carbonyl (C=O) groups excluding carboxylic acids is 1. The van der Waals surface area contributed by atoms with Crippen molar-refractivity contribution in [2.24, 2.45) is 4.99 Å². The van der Waals surface area contributed by atoms with Gasteiger partial charge >= 0.3 is 5.97 Å². The molecule has 0 bridgehead atoms. The van der Waals surface area contributed by atoms with Gasteiger partial charge in [0.1, 0.15) is 24.2 Å². The summed E-state index contributed by atoms with van der Waals surface area (Å²) in [4.78, 5) is 32.7. The molecule has 9 nitrogen and oxygen atoms in total. The third-order valence-corrected chi connectivity index (χ3v) is 8.00. The minimum atomic E-state index is -0.878. The van der Waals surface area contributed by atoms with E-state index in [1.807, 2.05) is 31.2 Å². The van der Waals surface area contributed by atoms with Crippen molar-refractivity contribution in [2.45, 2.75) is 26.3 Å². The molecule has 0 spiro atoms. The highest BCUT2D eigenvalue weighted by Crippen LogP contribution is 2.41. The average Bonchev–Trinajstić information content (AvgIpc) is 3.59. The highest BCUT2D eigenvalue weighted by atomic mass is 35.5. The Bertz CT molecular complexity index is 1840. The number of allylic oxidation sites excluding steroid dienone is 1. The van der Waals surface area contributed by atoms with Crippen LogP contribution in [0.25, 0.3) is 17.4 Å². The third-order valence-electron chi connectivity index (χ3n) is 6.77. The maximum absolute atomic E-state index is 14.1. The lowest BCUT2D eigenvalue weighted by atomic mass is 9.94. The van der Waals surface area contributed by atoms with E-state index in [1.165, 1.54) is 23.0 Å². The SMILES string of the molecule is CCCOc1c(OC)cccc1[C@H]1C(C(=O)OCCOC)=C(C)N=c2s/c(=C/c3ccc(-c4ccc(Cl)cc4)o3)c(=O)n21. The van der Waals surface area contributed by atoms with Gasteiger partial charge in [0.15, 0.2) is 16.3 Å². The molecule has 0 radical (unpaired) electrons. The zero-order valence-corrected chi connectivity index (χ0v) is 25.8. The van der Waals surface area contributed by atoms with Crippen LogP contribution in [0.15, 0.2) is 80.1 Å². The summed E-state index contributed by atoms with van der Waals surface area (Å²) >= 11 is 7.23. The molecular formula is C32H31ClN2O7S. The van der Waals surface area contributed by atoms with Gasteiger partial charge in [-0.2, -0.15) is 0 Å². The van der Waals surface area contributed by atoms with E-state index in [0.717, 1.165) is 12.0 Å². The number of halogens is 1. The van der Waals surface area contributed by atoms with Gasteiger partial charge in [-0.3, -0.25) is 9.36 Å². The predicted octanol–water partition coefficient (Wildman–Crippen LogP) is 5.14. The zero-order valence-electron chi connectivity index (χ0n) is 24.2. The molecule has 0 fully saturated rings. The molecule has 11 heteroatoms. The number of ether oxygens (including phenoxy) is 4.